The van der Waals surface area contributed by atoms with Gasteiger partial charge in [-0.3, -0.25) is 9.78 Å². The summed E-state index contributed by atoms with van der Waals surface area (Å²) in [5.74, 6) is -0.854. The number of rotatable bonds is 2. The zero-order valence-electron chi connectivity index (χ0n) is 9.35. The van der Waals surface area contributed by atoms with Crippen LogP contribution in [0.3, 0.4) is 0 Å². The highest BCUT2D eigenvalue weighted by atomic mass is 19.1. The molecule has 4 heteroatoms. The summed E-state index contributed by atoms with van der Waals surface area (Å²) >= 11 is 0. The SMILES string of the molecule is O=C(c1ccccc1F)c1c[nH]c2ccncc12. The molecule has 0 radical (unpaired) electrons. The number of carbonyl (C=O) groups is 1. The second kappa shape index (κ2) is 4.07. The van der Waals surface area contributed by atoms with Crippen molar-refractivity contribution < 1.29 is 9.18 Å². The minimum absolute atomic E-state index is 0.0715. The Hall–Kier alpha value is -2.49. The van der Waals surface area contributed by atoms with Crippen molar-refractivity contribution in [2.75, 3.05) is 0 Å². The van der Waals surface area contributed by atoms with E-state index in [4.69, 9.17) is 0 Å². The molecule has 1 aromatic carbocycles. The molecule has 0 saturated heterocycles. The third kappa shape index (κ3) is 1.59. The minimum Gasteiger partial charge on any atom is -0.360 e. The number of nitrogens with zero attached hydrogens (tertiary/aromatic N) is 1. The number of benzene rings is 1. The molecule has 0 atom stereocenters. The van der Waals surface area contributed by atoms with Gasteiger partial charge in [0.2, 0.25) is 0 Å². The van der Waals surface area contributed by atoms with Crippen LogP contribution in [0.4, 0.5) is 4.39 Å². The van der Waals surface area contributed by atoms with Gasteiger partial charge in [-0.1, -0.05) is 12.1 Å². The Morgan fingerprint density at radius 3 is 2.83 bits per heavy atom. The standard InChI is InChI=1S/C14H9FN2O/c15-12-4-2-1-3-9(12)14(18)11-8-17-13-5-6-16-7-10(11)13/h1-8,17H. The first-order valence-electron chi connectivity index (χ1n) is 5.47. The molecule has 18 heavy (non-hydrogen) atoms. The Bertz CT molecular complexity index is 733. The molecular formula is C14H9FN2O. The highest BCUT2D eigenvalue weighted by molar-refractivity contribution is 6.16. The fourth-order valence-electron chi connectivity index (χ4n) is 1.94. The first-order chi connectivity index (χ1) is 8.77. The van der Waals surface area contributed by atoms with E-state index in [-0.39, 0.29) is 11.3 Å². The monoisotopic (exact) mass is 240 g/mol. The number of nitrogens with one attached hydrogen (secondary N) is 1. The van der Waals surface area contributed by atoms with Gasteiger partial charge in [-0.15, -0.1) is 0 Å². The van der Waals surface area contributed by atoms with Crippen molar-refractivity contribution in [2.24, 2.45) is 0 Å². The zero-order chi connectivity index (χ0) is 12.5. The van der Waals surface area contributed by atoms with Crippen LogP contribution in [-0.4, -0.2) is 15.8 Å². The van der Waals surface area contributed by atoms with Gasteiger partial charge in [0.25, 0.3) is 0 Å². The van der Waals surface area contributed by atoms with Crippen LogP contribution in [0.25, 0.3) is 10.9 Å². The van der Waals surface area contributed by atoms with Gasteiger partial charge in [0.15, 0.2) is 5.78 Å². The number of carbonyl (C=O) groups excluding carboxylic acids is 1. The smallest absolute Gasteiger partial charge is 0.198 e. The number of hydrogen-bond donors (Lipinski definition) is 1. The van der Waals surface area contributed by atoms with Gasteiger partial charge in [0.1, 0.15) is 5.82 Å². The third-order valence-corrected chi connectivity index (χ3v) is 2.85. The van der Waals surface area contributed by atoms with E-state index in [0.717, 1.165) is 5.52 Å². The number of halogens is 1. The van der Waals surface area contributed by atoms with Crippen molar-refractivity contribution in [1.29, 1.82) is 0 Å². The Labute approximate surface area is 102 Å². The van der Waals surface area contributed by atoms with E-state index >= 15 is 0 Å². The number of pyridine rings is 1. The average Bonchev–Trinajstić information content (AvgIpc) is 2.82. The normalized spacial score (nSPS) is 10.7. The zero-order valence-corrected chi connectivity index (χ0v) is 9.35. The lowest BCUT2D eigenvalue weighted by molar-refractivity contribution is 0.103. The minimum atomic E-state index is -0.513. The lowest BCUT2D eigenvalue weighted by Gasteiger charge is -2.00. The van der Waals surface area contributed by atoms with E-state index in [1.807, 2.05) is 0 Å². The summed E-state index contributed by atoms with van der Waals surface area (Å²) in [7, 11) is 0. The van der Waals surface area contributed by atoms with Crippen LogP contribution >= 0.6 is 0 Å². The molecule has 0 amide bonds. The second-order valence-electron chi connectivity index (χ2n) is 3.93. The molecule has 1 N–H and O–H groups in total. The van der Waals surface area contributed by atoms with Crippen LogP contribution in [0.15, 0.2) is 48.9 Å². The van der Waals surface area contributed by atoms with Gasteiger partial charge in [-0.25, -0.2) is 4.39 Å². The van der Waals surface area contributed by atoms with Crippen LogP contribution in [-0.2, 0) is 0 Å². The summed E-state index contributed by atoms with van der Waals surface area (Å²) in [6.45, 7) is 0. The fourth-order valence-corrected chi connectivity index (χ4v) is 1.94. The summed E-state index contributed by atoms with van der Waals surface area (Å²) in [6, 6.07) is 7.73. The van der Waals surface area contributed by atoms with E-state index in [1.54, 1.807) is 36.8 Å². The average molecular weight is 240 g/mol. The number of ketones is 1. The molecule has 2 heterocycles. The molecular weight excluding hydrogens is 231 g/mol. The number of aromatic amines is 1. The van der Waals surface area contributed by atoms with Crippen molar-refractivity contribution in [3.05, 3.63) is 65.9 Å². The Balaban J connectivity index is 2.16. The Morgan fingerprint density at radius 1 is 1.17 bits per heavy atom. The van der Waals surface area contributed by atoms with Crippen molar-refractivity contribution in [2.45, 2.75) is 0 Å². The van der Waals surface area contributed by atoms with Crippen molar-refractivity contribution in [3.63, 3.8) is 0 Å². The number of fused-ring (bicyclic) bond motifs is 1. The number of H-pyrrole nitrogens is 1. The van der Waals surface area contributed by atoms with Gasteiger partial charge < -0.3 is 4.98 Å². The molecule has 0 aliphatic heterocycles. The molecule has 0 saturated carbocycles. The molecule has 0 aliphatic carbocycles. The van der Waals surface area contributed by atoms with Gasteiger partial charge >= 0.3 is 0 Å². The Morgan fingerprint density at radius 2 is 2.00 bits per heavy atom. The Kier molecular flexibility index (Phi) is 2.41. The summed E-state index contributed by atoms with van der Waals surface area (Å²) in [6.07, 6.45) is 4.82. The molecule has 3 nitrogen and oxygen atoms in total. The first kappa shape index (κ1) is 10.7. The quantitative estimate of drug-likeness (QED) is 0.700. The van der Waals surface area contributed by atoms with Crippen molar-refractivity contribution in [1.82, 2.24) is 9.97 Å². The second-order valence-corrected chi connectivity index (χ2v) is 3.93. The van der Waals surface area contributed by atoms with Crippen LogP contribution < -0.4 is 0 Å². The van der Waals surface area contributed by atoms with Crippen LogP contribution in [0, 0.1) is 5.82 Å². The maximum absolute atomic E-state index is 13.6. The first-order valence-corrected chi connectivity index (χ1v) is 5.47. The molecule has 0 bridgehead atoms. The molecule has 3 rings (SSSR count). The van der Waals surface area contributed by atoms with Gasteiger partial charge in [0, 0.05) is 35.1 Å². The lowest BCUT2D eigenvalue weighted by Crippen LogP contribution is -2.03. The maximum atomic E-state index is 13.6. The predicted molar refractivity (Wildman–Crippen MR) is 65.9 cm³/mol. The van der Waals surface area contributed by atoms with Gasteiger partial charge in [-0.2, -0.15) is 0 Å². The number of aromatic nitrogens is 2. The highest BCUT2D eigenvalue weighted by Gasteiger charge is 2.16. The van der Waals surface area contributed by atoms with E-state index in [1.165, 1.54) is 12.1 Å². The summed E-state index contributed by atoms with van der Waals surface area (Å²) in [5, 5.41) is 0.700. The van der Waals surface area contributed by atoms with E-state index in [9.17, 15) is 9.18 Å². The van der Waals surface area contributed by atoms with Gasteiger partial charge in [-0.05, 0) is 18.2 Å². The maximum Gasteiger partial charge on any atom is 0.198 e. The van der Waals surface area contributed by atoms with Crippen LogP contribution in [0.2, 0.25) is 0 Å². The van der Waals surface area contributed by atoms with Crippen LogP contribution in [0.1, 0.15) is 15.9 Å². The fraction of sp³-hybridized carbons (Fsp3) is 0. The summed E-state index contributed by atoms with van der Waals surface area (Å²) in [4.78, 5) is 19.2. The van der Waals surface area contributed by atoms with Gasteiger partial charge in [0.05, 0.1) is 5.56 Å². The van der Waals surface area contributed by atoms with E-state index in [2.05, 4.69) is 9.97 Å². The largest absolute Gasteiger partial charge is 0.360 e. The molecule has 3 aromatic rings. The van der Waals surface area contributed by atoms with E-state index in [0.29, 0.717) is 10.9 Å². The van der Waals surface area contributed by atoms with Crippen molar-refractivity contribution in [3.8, 4) is 0 Å². The molecule has 88 valence electrons. The third-order valence-electron chi connectivity index (χ3n) is 2.85. The van der Waals surface area contributed by atoms with Crippen LogP contribution in [0.5, 0.6) is 0 Å². The van der Waals surface area contributed by atoms with E-state index < -0.39 is 5.82 Å². The molecule has 0 aliphatic rings. The van der Waals surface area contributed by atoms with Crippen molar-refractivity contribution >= 4 is 16.7 Å². The topological polar surface area (TPSA) is 45.8 Å². The molecule has 2 aromatic heterocycles. The molecule has 0 unspecified atom stereocenters. The predicted octanol–water partition coefficient (Wildman–Crippen LogP) is 2.93. The summed E-state index contributed by atoms with van der Waals surface area (Å²) in [5.41, 5.74) is 1.31. The highest BCUT2D eigenvalue weighted by Crippen LogP contribution is 2.21. The number of hydrogen-bond acceptors (Lipinski definition) is 2. The lowest BCUT2D eigenvalue weighted by atomic mass is 10.0. The molecule has 0 spiro atoms. The molecule has 0 fully saturated rings. The summed E-state index contributed by atoms with van der Waals surface area (Å²) < 4.78 is 13.6.